The predicted octanol–water partition coefficient (Wildman–Crippen LogP) is 5.66. The number of halogens is 12. The number of fused-ring (bicyclic) bond motifs is 2. The van der Waals surface area contributed by atoms with Crippen LogP contribution >= 0.6 is 0 Å². The zero-order chi connectivity index (χ0) is 21.3. The third-order valence-electron chi connectivity index (χ3n) is 3.56. The van der Waals surface area contributed by atoms with Gasteiger partial charge in [0.2, 0.25) is 0 Å². The number of nitrogens with zero attached hydrogens (tertiary/aromatic N) is 2. The Kier molecular flexibility index (Phi) is 4.17. The highest BCUT2D eigenvalue weighted by atomic mass is 19.4. The molecule has 2 nitrogen and oxygen atoms in total. The van der Waals surface area contributed by atoms with Crippen molar-refractivity contribution < 1.29 is 52.7 Å². The van der Waals surface area contributed by atoms with Crippen molar-refractivity contribution in [2.45, 2.75) is 12.4 Å². The predicted molar refractivity (Wildman–Crippen MR) is 66.8 cm³/mol. The molecule has 1 aromatic heterocycles. The monoisotopic (exact) mass is 424 g/mol. The Labute approximate surface area is 144 Å². The van der Waals surface area contributed by atoms with Gasteiger partial charge < -0.3 is 0 Å². The molecule has 0 bridgehead atoms. The molecule has 28 heavy (non-hydrogen) atoms. The molecule has 0 saturated heterocycles. The molecule has 0 saturated carbocycles. The second-order valence-electron chi connectivity index (χ2n) is 5.25. The van der Waals surface area contributed by atoms with Crippen LogP contribution in [-0.2, 0) is 12.4 Å². The van der Waals surface area contributed by atoms with E-state index in [0.717, 1.165) is 0 Å². The lowest BCUT2D eigenvalue weighted by molar-refractivity contribution is -0.143. The second kappa shape index (κ2) is 5.85. The minimum atomic E-state index is -5.80. The van der Waals surface area contributed by atoms with Crippen molar-refractivity contribution in [3.05, 3.63) is 46.0 Å². The number of benzene rings is 2. The summed E-state index contributed by atoms with van der Waals surface area (Å²) in [5, 5.41) is 0. The van der Waals surface area contributed by atoms with Crippen LogP contribution in [-0.4, -0.2) is 9.97 Å². The van der Waals surface area contributed by atoms with Gasteiger partial charge in [0.15, 0.2) is 34.9 Å². The summed E-state index contributed by atoms with van der Waals surface area (Å²) in [5.74, 6) is -15.9. The van der Waals surface area contributed by atoms with Gasteiger partial charge in [0.25, 0.3) is 0 Å². The van der Waals surface area contributed by atoms with E-state index in [1.165, 1.54) is 0 Å². The fourth-order valence-corrected chi connectivity index (χ4v) is 2.40. The van der Waals surface area contributed by atoms with Gasteiger partial charge in [-0.1, -0.05) is 0 Å². The van der Waals surface area contributed by atoms with Crippen molar-refractivity contribution in [1.82, 2.24) is 9.97 Å². The van der Waals surface area contributed by atoms with E-state index >= 15 is 0 Å². The largest absolute Gasteiger partial charge is 0.422 e. The molecule has 0 unspecified atom stereocenters. The molecule has 0 aliphatic rings. The molecular weight excluding hydrogens is 424 g/mol. The average molecular weight is 424 g/mol. The molecule has 0 aliphatic heterocycles. The Morgan fingerprint density at radius 3 is 0.893 bits per heavy atom. The number of hydrogen-bond acceptors (Lipinski definition) is 2. The summed E-state index contributed by atoms with van der Waals surface area (Å²) in [4.78, 5) is 5.46. The lowest BCUT2D eigenvalue weighted by Gasteiger charge is -2.14. The fraction of sp³-hybridized carbons (Fsp3) is 0.143. The summed E-state index contributed by atoms with van der Waals surface area (Å²) in [6.45, 7) is 0. The van der Waals surface area contributed by atoms with Gasteiger partial charge in [-0.25, -0.2) is 36.3 Å². The van der Waals surface area contributed by atoms with Crippen molar-refractivity contribution in [1.29, 1.82) is 0 Å². The molecule has 3 aromatic rings. The number of hydrogen-bond donors (Lipinski definition) is 0. The third kappa shape index (κ3) is 2.69. The molecule has 0 aliphatic carbocycles. The van der Waals surface area contributed by atoms with Crippen LogP contribution in [0.4, 0.5) is 52.7 Å². The average Bonchev–Trinajstić information content (AvgIpc) is 2.54. The van der Waals surface area contributed by atoms with Crippen LogP contribution in [0.1, 0.15) is 11.1 Å². The van der Waals surface area contributed by atoms with Gasteiger partial charge in [-0.3, -0.25) is 0 Å². The maximum Gasteiger partial charge on any atom is 0.422 e. The number of alkyl halides is 6. The van der Waals surface area contributed by atoms with Crippen molar-refractivity contribution in [3.63, 3.8) is 0 Å². The topological polar surface area (TPSA) is 25.8 Å². The molecule has 0 N–H and O–H groups in total. The van der Waals surface area contributed by atoms with Crippen LogP contribution in [0.5, 0.6) is 0 Å². The first-order valence-corrected chi connectivity index (χ1v) is 6.66. The zero-order valence-electron chi connectivity index (χ0n) is 12.4. The first-order valence-electron chi connectivity index (χ1n) is 6.66. The van der Waals surface area contributed by atoms with E-state index in [-0.39, 0.29) is 0 Å². The minimum Gasteiger partial charge on any atom is -0.238 e. The zero-order valence-corrected chi connectivity index (χ0v) is 12.4. The van der Waals surface area contributed by atoms with Crippen molar-refractivity contribution in [3.8, 4) is 0 Å². The van der Waals surface area contributed by atoms with Crippen LogP contribution in [0, 0.1) is 34.9 Å². The third-order valence-corrected chi connectivity index (χ3v) is 3.56. The first kappa shape index (κ1) is 19.9. The molecule has 1 heterocycles. The van der Waals surface area contributed by atoms with Gasteiger partial charge in [-0.2, -0.15) is 26.3 Å². The van der Waals surface area contributed by atoms with Gasteiger partial charge in [-0.05, 0) is 0 Å². The van der Waals surface area contributed by atoms with Crippen molar-refractivity contribution in [2.75, 3.05) is 0 Å². The first-order chi connectivity index (χ1) is 12.7. The van der Waals surface area contributed by atoms with E-state index in [9.17, 15) is 52.7 Å². The standard InChI is InChI=1S/C14F12N2/c15-3-1(13(21,22)23)5(17)9-11(7(3)19)28-10-6(18)2(14(24,25)26)4(16)8(20)12(10)27-9. The Hall–Kier alpha value is -2.80. The summed E-state index contributed by atoms with van der Waals surface area (Å²) < 4.78 is 159. The molecule has 0 amide bonds. The summed E-state index contributed by atoms with van der Waals surface area (Å²) >= 11 is 0. The van der Waals surface area contributed by atoms with Crippen LogP contribution in [0.25, 0.3) is 22.1 Å². The Bertz CT molecular complexity index is 1050. The Morgan fingerprint density at radius 2 is 0.643 bits per heavy atom. The van der Waals surface area contributed by atoms with Crippen LogP contribution in [0.3, 0.4) is 0 Å². The maximum atomic E-state index is 14.0. The summed E-state index contributed by atoms with van der Waals surface area (Å²) in [5.41, 5.74) is -12.7. The molecule has 3 rings (SSSR count). The highest BCUT2D eigenvalue weighted by Gasteiger charge is 2.43. The van der Waals surface area contributed by atoms with Gasteiger partial charge in [-0.15, -0.1) is 0 Å². The van der Waals surface area contributed by atoms with E-state index in [2.05, 4.69) is 9.97 Å². The quantitative estimate of drug-likeness (QED) is 0.265. The maximum absolute atomic E-state index is 14.0. The van der Waals surface area contributed by atoms with Gasteiger partial charge in [0.1, 0.15) is 33.2 Å². The lowest BCUT2D eigenvalue weighted by Crippen LogP contribution is -2.16. The van der Waals surface area contributed by atoms with E-state index in [1.807, 2.05) is 0 Å². The van der Waals surface area contributed by atoms with E-state index < -0.39 is 80.4 Å². The van der Waals surface area contributed by atoms with Gasteiger partial charge >= 0.3 is 12.4 Å². The SMILES string of the molecule is Fc1c(C(F)(F)F)c(F)c2nc3c(F)c(F)c(C(F)(F)F)c(F)c3nc2c1F. The van der Waals surface area contributed by atoms with E-state index in [0.29, 0.717) is 0 Å². The molecule has 14 heteroatoms. The normalized spacial score (nSPS) is 13.0. The summed E-state index contributed by atoms with van der Waals surface area (Å²) in [6.07, 6.45) is -11.6. The molecular formula is C14F12N2. The van der Waals surface area contributed by atoms with E-state index in [1.54, 1.807) is 0 Å². The molecule has 0 atom stereocenters. The highest BCUT2D eigenvalue weighted by molar-refractivity contribution is 5.88. The fourth-order valence-electron chi connectivity index (χ4n) is 2.40. The van der Waals surface area contributed by atoms with Crippen LogP contribution in [0.15, 0.2) is 0 Å². The second-order valence-corrected chi connectivity index (χ2v) is 5.25. The van der Waals surface area contributed by atoms with E-state index in [4.69, 9.17) is 0 Å². The minimum absolute atomic E-state index is 1.76. The molecule has 0 radical (unpaired) electrons. The van der Waals surface area contributed by atoms with Crippen molar-refractivity contribution in [2.24, 2.45) is 0 Å². The smallest absolute Gasteiger partial charge is 0.238 e. The Morgan fingerprint density at radius 1 is 0.393 bits per heavy atom. The Balaban J connectivity index is 2.59. The number of rotatable bonds is 0. The van der Waals surface area contributed by atoms with Gasteiger partial charge in [0, 0.05) is 0 Å². The van der Waals surface area contributed by atoms with Crippen molar-refractivity contribution >= 4 is 22.1 Å². The highest BCUT2D eigenvalue weighted by Crippen LogP contribution is 2.40. The van der Waals surface area contributed by atoms with Gasteiger partial charge in [0.05, 0.1) is 0 Å². The lowest BCUT2D eigenvalue weighted by atomic mass is 10.1. The number of aromatic nitrogens is 2. The molecule has 0 spiro atoms. The van der Waals surface area contributed by atoms with Crippen LogP contribution in [0.2, 0.25) is 0 Å². The van der Waals surface area contributed by atoms with Crippen LogP contribution < -0.4 is 0 Å². The summed E-state index contributed by atoms with van der Waals surface area (Å²) in [7, 11) is 0. The molecule has 2 aromatic carbocycles. The molecule has 0 fully saturated rings. The molecule has 150 valence electrons. The summed E-state index contributed by atoms with van der Waals surface area (Å²) in [6, 6.07) is 0.